The summed E-state index contributed by atoms with van der Waals surface area (Å²) in [7, 11) is 0. The summed E-state index contributed by atoms with van der Waals surface area (Å²) in [6.07, 6.45) is 8.06. The van der Waals surface area contributed by atoms with Gasteiger partial charge in [0.25, 0.3) is 0 Å². The molecular weight excluding hydrogens is 188 g/mol. The van der Waals surface area contributed by atoms with E-state index in [0.29, 0.717) is 24.9 Å². The molecule has 0 radical (unpaired) electrons. The van der Waals surface area contributed by atoms with Gasteiger partial charge < -0.3 is 11.1 Å². The molecule has 3 nitrogen and oxygen atoms in total. The molecule has 0 aromatic carbocycles. The van der Waals surface area contributed by atoms with Crippen molar-refractivity contribution in [2.75, 3.05) is 6.54 Å². The average molecular weight is 212 g/mol. The molecule has 1 amide bonds. The predicted octanol–water partition coefficient (Wildman–Crippen LogP) is 1.81. The number of carbonyl (C=O) groups is 1. The van der Waals surface area contributed by atoms with Gasteiger partial charge in [-0.3, -0.25) is 4.79 Å². The van der Waals surface area contributed by atoms with Crippen molar-refractivity contribution in [2.45, 2.75) is 57.9 Å². The Morgan fingerprint density at radius 2 is 1.93 bits per heavy atom. The smallest absolute Gasteiger partial charge is 0.220 e. The fourth-order valence-corrected chi connectivity index (χ4v) is 2.11. The molecule has 0 spiro atoms. The van der Waals surface area contributed by atoms with E-state index in [1.807, 2.05) is 6.92 Å². The minimum Gasteiger partial charge on any atom is -0.353 e. The second-order valence-electron chi connectivity index (χ2n) is 4.80. The van der Waals surface area contributed by atoms with Crippen LogP contribution in [0.4, 0.5) is 0 Å². The van der Waals surface area contributed by atoms with Crippen LogP contribution in [0.2, 0.25) is 0 Å². The molecule has 0 saturated heterocycles. The van der Waals surface area contributed by atoms with Crippen molar-refractivity contribution in [1.29, 1.82) is 0 Å². The molecule has 0 aromatic heterocycles. The van der Waals surface area contributed by atoms with Crippen LogP contribution < -0.4 is 11.1 Å². The topological polar surface area (TPSA) is 55.1 Å². The minimum atomic E-state index is 0.180. The van der Waals surface area contributed by atoms with Crippen LogP contribution in [0.3, 0.4) is 0 Å². The molecule has 1 atom stereocenters. The largest absolute Gasteiger partial charge is 0.353 e. The highest BCUT2D eigenvalue weighted by molar-refractivity contribution is 5.76. The number of hydrogen-bond acceptors (Lipinski definition) is 2. The predicted molar refractivity (Wildman–Crippen MR) is 62.5 cm³/mol. The first-order valence-electron chi connectivity index (χ1n) is 6.21. The summed E-state index contributed by atoms with van der Waals surface area (Å²) in [5.41, 5.74) is 5.50. The van der Waals surface area contributed by atoms with Crippen molar-refractivity contribution in [3.05, 3.63) is 0 Å². The summed E-state index contributed by atoms with van der Waals surface area (Å²) in [5.74, 6) is 0.482. The first-order chi connectivity index (χ1) is 7.22. The lowest BCUT2D eigenvalue weighted by atomic mass is 10.1. The van der Waals surface area contributed by atoms with Crippen LogP contribution in [0.25, 0.3) is 0 Å². The van der Waals surface area contributed by atoms with E-state index >= 15 is 0 Å². The van der Waals surface area contributed by atoms with Gasteiger partial charge in [-0.2, -0.15) is 0 Å². The number of carbonyl (C=O) groups excluding carboxylic acids is 1. The van der Waals surface area contributed by atoms with Crippen molar-refractivity contribution in [2.24, 2.45) is 11.7 Å². The molecule has 1 aliphatic carbocycles. The van der Waals surface area contributed by atoms with Crippen molar-refractivity contribution in [3.63, 3.8) is 0 Å². The number of nitrogens with two attached hydrogens (primary N) is 1. The van der Waals surface area contributed by atoms with E-state index in [4.69, 9.17) is 5.73 Å². The Morgan fingerprint density at radius 3 is 2.47 bits per heavy atom. The monoisotopic (exact) mass is 212 g/mol. The summed E-state index contributed by atoms with van der Waals surface area (Å²) >= 11 is 0. The molecule has 1 rings (SSSR count). The van der Waals surface area contributed by atoms with Crippen LogP contribution >= 0.6 is 0 Å². The van der Waals surface area contributed by atoms with Gasteiger partial charge in [0.05, 0.1) is 0 Å². The van der Waals surface area contributed by atoms with E-state index in [1.165, 1.54) is 25.7 Å². The van der Waals surface area contributed by atoms with Crippen molar-refractivity contribution >= 4 is 5.91 Å². The van der Waals surface area contributed by atoms with E-state index in [2.05, 4.69) is 5.32 Å². The van der Waals surface area contributed by atoms with Gasteiger partial charge in [0, 0.05) is 12.5 Å². The van der Waals surface area contributed by atoms with E-state index < -0.39 is 0 Å². The lowest BCUT2D eigenvalue weighted by molar-refractivity contribution is -0.122. The standard InChI is InChI=1S/C12H24N2O/c1-10(9-13)8-12(15)14-11-6-4-2-3-5-7-11/h10-11H,2-9,13H2,1H3,(H,14,15). The molecule has 1 saturated carbocycles. The number of amides is 1. The number of nitrogens with one attached hydrogen (secondary N) is 1. The summed E-state index contributed by atoms with van der Waals surface area (Å²) in [6.45, 7) is 2.62. The zero-order valence-corrected chi connectivity index (χ0v) is 9.80. The quantitative estimate of drug-likeness (QED) is 0.698. The second-order valence-corrected chi connectivity index (χ2v) is 4.80. The van der Waals surface area contributed by atoms with Crippen molar-refractivity contribution < 1.29 is 4.79 Å². The minimum absolute atomic E-state index is 0.180. The molecule has 3 heteroatoms. The van der Waals surface area contributed by atoms with Crippen LogP contribution in [-0.2, 0) is 4.79 Å². The van der Waals surface area contributed by atoms with Crippen LogP contribution in [0, 0.1) is 5.92 Å². The van der Waals surface area contributed by atoms with Crippen LogP contribution in [0.15, 0.2) is 0 Å². The Balaban J connectivity index is 2.23. The molecule has 0 aromatic rings. The Hall–Kier alpha value is -0.570. The maximum Gasteiger partial charge on any atom is 0.220 e. The SMILES string of the molecule is CC(CN)CC(=O)NC1CCCCCC1. The fourth-order valence-electron chi connectivity index (χ4n) is 2.11. The summed E-state index contributed by atoms with van der Waals surface area (Å²) in [6, 6.07) is 0.421. The van der Waals surface area contributed by atoms with Gasteiger partial charge in [-0.1, -0.05) is 32.6 Å². The normalized spacial score (nSPS) is 20.7. The molecule has 3 N–H and O–H groups in total. The lowest BCUT2D eigenvalue weighted by Gasteiger charge is -2.17. The molecule has 1 fully saturated rings. The highest BCUT2D eigenvalue weighted by Crippen LogP contribution is 2.17. The maximum atomic E-state index is 11.6. The summed E-state index contributed by atoms with van der Waals surface area (Å²) < 4.78 is 0. The molecule has 0 heterocycles. The number of rotatable bonds is 4. The number of hydrogen-bond donors (Lipinski definition) is 2. The third-order valence-electron chi connectivity index (χ3n) is 3.16. The Bertz CT molecular complexity index is 186. The van der Waals surface area contributed by atoms with Gasteiger partial charge in [-0.05, 0) is 25.3 Å². The Kier molecular flexibility index (Phi) is 5.69. The molecule has 0 bridgehead atoms. The van der Waals surface area contributed by atoms with Gasteiger partial charge in [-0.25, -0.2) is 0 Å². The molecule has 88 valence electrons. The summed E-state index contributed by atoms with van der Waals surface area (Å²) in [4.78, 5) is 11.6. The highest BCUT2D eigenvalue weighted by Gasteiger charge is 2.15. The van der Waals surface area contributed by atoms with E-state index in [-0.39, 0.29) is 5.91 Å². The van der Waals surface area contributed by atoms with Gasteiger partial charge >= 0.3 is 0 Å². The highest BCUT2D eigenvalue weighted by atomic mass is 16.1. The summed E-state index contributed by atoms with van der Waals surface area (Å²) in [5, 5.41) is 3.13. The van der Waals surface area contributed by atoms with Crippen LogP contribution in [0.1, 0.15) is 51.9 Å². The first-order valence-corrected chi connectivity index (χ1v) is 6.21. The van der Waals surface area contributed by atoms with Crippen molar-refractivity contribution in [3.8, 4) is 0 Å². The third-order valence-corrected chi connectivity index (χ3v) is 3.16. The van der Waals surface area contributed by atoms with E-state index in [9.17, 15) is 4.79 Å². The van der Waals surface area contributed by atoms with Gasteiger partial charge in [-0.15, -0.1) is 0 Å². The van der Waals surface area contributed by atoms with E-state index in [0.717, 1.165) is 12.8 Å². The Morgan fingerprint density at radius 1 is 1.33 bits per heavy atom. The second kappa shape index (κ2) is 6.83. The van der Waals surface area contributed by atoms with Crippen molar-refractivity contribution in [1.82, 2.24) is 5.32 Å². The third kappa shape index (κ3) is 5.17. The lowest BCUT2D eigenvalue weighted by Crippen LogP contribution is -2.35. The maximum absolute atomic E-state index is 11.6. The van der Waals surface area contributed by atoms with Crippen LogP contribution in [-0.4, -0.2) is 18.5 Å². The molecule has 15 heavy (non-hydrogen) atoms. The fraction of sp³-hybridized carbons (Fsp3) is 0.917. The molecular formula is C12H24N2O. The zero-order chi connectivity index (χ0) is 11.1. The molecule has 1 unspecified atom stereocenters. The van der Waals surface area contributed by atoms with E-state index in [1.54, 1.807) is 0 Å². The first kappa shape index (κ1) is 12.5. The van der Waals surface area contributed by atoms with Crippen LogP contribution in [0.5, 0.6) is 0 Å². The van der Waals surface area contributed by atoms with Gasteiger partial charge in [0.15, 0.2) is 0 Å². The van der Waals surface area contributed by atoms with Gasteiger partial charge in [0.2, 0.25) is 5.91 Å². The zero-order valence-electron chi connectivity index (χ0n) is 9.80. The van der Waals surface area contributed by atoms with Gasteiger partial charge in [0.1, 0.15) is 0 Å². The Labute approximate surface area is 92.8 Å². The molecule has 0 aliphatic heterocycles. The average Bonchev–Trinajstić information content (AvgIpc) is 2.46. The molecule has 1 aliphatic rings.